The molecule has 2 heterocycles. The number of thiophene rings is 1. The summed E-state index contributed by atoms with van der Waals surface area (Å²) in [6.07, 6.45) is 0. The van der Waals surface area contributed by atoms with Crippen LogP contribution in [0.2, 0.25) is 0 Å². The molecule has 0 bridgehead atoms. The number of pyridine rings is 1. The van der Waals surface area contributed by atoms with E-state index in [-0.39, 0.29) is 17.1 Å². The van der Waals surface area contributed by atoms with Crippen LogP contribution in [0, 0.1) is 11.3 Å². The van der Waals surface area contributed by atoms with Gasteiger partial charge in [-0.3, -0.25) is 4.79 Å². The summed E-state index contributed by atoms with van der Waals surface area (Å²) >= 11 is 2.82. The maximum absolute atomic E-state index is 12.2. The van der Waals surface area contributed by atoms with Gasteiger partial charge < -0.3 is 4.74 Å². The van der Waals surface area contributed by atoms with Crippen LogP contribution in [0.25, 0.3) is 10.4 Å². The minimum Gasteiger partial charge on any atom is -0.426 e. The number of nitrogens with zero attached hydrogens (tertiary/aromatic N) is 2. The van der Waals surface area contributed by atoms with Gasteiger partial charge in [-0.15, -0.1) is 11.3 Å². The van der Waals surface area contributed by atoms with Gasteiger partial charge in [0.15, 0.2) is 0 Å². The predicted octanol–water partition coefficient (Wildman–Crippen LogP) is 5.68. The molecule has 0 fully saturated rings. The molecule has 6 heteroatoms. The fraction of sp³-hybridized carbons (Fsp3) is 0.227. The zero-order valence-corrected chi connectivity index (χ0v) is 17.6. The van der Waals surface area contributed by atoms with Gasteiger partial charge in [0, 0.05) is 21.5 Å². The second kappa shape index (κ2) is 8.59. The summed E-state index contributed by atoms with van der Waals surface area (Å²) in [5, 5.41) is 12.3. The van der Waals surface area contributed by atoms with E-state index in [0.717, 1.165) is 16.1 Å². The van der Waals surface area contributed by atoms with Gasteiger partial charge in [0.1, 0.15) is 16.8 Å². The number of ether oxygens (including phenoxy) is 1. The Morgan fingerprint density at radius 3 is 2.57 bits per heavy atom. The van der Waals surface area contributed by atoms with Crippen LogP contribution in [0.5, 0.6) is 5.75 Å². The van der Waals surface area contributed by atoms with Crippen molar-refractivity contribution in [3.63, 3.8) is 0 Å². The third kappa shape index (κ3) is 4.80. The number of aromatic nitrogens is 1. The van der Waals surface area contributed by atoms with Crippen molar-refractivity contribution in [2.24, 2.45) is 0 Å². The van der Waals surface area contributed by atoms with E-state index >= 15 is 0 Å². The number of hydrogen-bond acceptors (Lipinski definition) is 6. The van der Waals surface area contributed by atoms with Crippen molar-refractivity contribution < 1.29 is 9.53 Å². The highest BCUT2D eigenvalue weighted by Gasteiger charge is 2.22. The van der Waals surface area contributed by atoms with Crippen molar-refractivity contribution in [3.8, 4) is 22.3 Å². The lowest BCUT2D eigenvalue weighted by Crippen LogP contribution is -2.16. The van der Waals surface area contributed by atoms with E-state index in [1.165, 1.54) is 11.8 Å². The average molecular weight is 409 g/mol. The van der Waals surface area contributed by atoms with E-state index in [2.05, 4.69) is 26.8 Å². The van der Waals surface area contributed by atoms with Crippen LogP contribution in [-0.2, 0) is 10.2 Å². The average Bonchev–Trinajstić information content (AvgIpc) is 3.20. The van der Waals surface area contributed by atoms with E-state index in [0.29, 0.717) is 16.3 Å². The summed E-state index contributed by atoms with van der Waals surface area (Å²) in [4.78, 5) is 17.9. The number of para-hydroxylation sites is 1. The van der Waals surface area contributed by atoms with Crippen LogP contribution in [0.15, 0.2) is 58.9 Å². The molecule has 0 amide bonds. The summed E-state index contributed by atoms with van der Waals surface area (Å²) in [7, 11) is 0. The molecule has 0 atom stereocenters. The fourth-order valence-electron chi connectivity index (χ4n) is 2.52. The number of carbonyl (C=O) groups is 1. The van der Waals surface area contributed by atoms with Crippen molar-refractivity contribution in [3.05, 3.63) is 65.2 Å². The zero-order valence-electron chi connectivity index (χ0n) is 15.9. The lowest BCUT2D eigenvalue weighted by atomic mass is 9.90. The number of benzene rings is 1. The summed E-state index contributed by atoms with van der Waals surface area (Å²) in [5.41, 5.74) is 2.05. The molecule has 0 saturated carbocycles. The molecular formula is C22H20N2O2S2. The van der Waals surface area contributed by atoms with Gasteiger partial charge in [-0.05, 0) is 29.6 Å². The molecular weight excluding hydrogens is 388 g/mol. The monoisotopic (exact) mass is 408 g/mol. The van der Waals surface area contributed by atoms with Crippen LogP contribution < -0.4 is 4.74 Å². The zero-order chi connectivity index (χ0) is 20.1. The Morgan fingerprint density at radius 2 is 1.96 bits per heavy atom. The molecule has 2 aromatic heterocycles. The van der Waals surface area contributed by atoms with Crippen molar-refractivity contribution in [1.29, 1.82) is 5.26 Å². The Bertz CT molecular complexity index is 1000. The number of rotatable bonds is 5. The molecule has 0 saturated heterocycles. The Labute approximate surface area is 173 Å². The topological polar surface area (TPSA) is 63.0 Å². The summed E-state index contributed by atoms with van der Waals surface area (Å²) in [6.45, 7) is 6.24. The predicted molar refractivity (Wildman–Crippen MR) is 114 cm³/mol. The molecule has 0 radical (unpaired) electrons. The highest BCUT2D eigenvalue weighted by molar-refractivity contribution is 7.99. The molecule has 0 N–H and O–H groups in total. The number of nitriles is 1. The van der Waals surface area contributed by atoms with E-state index in [1.807, 2.05) is 41.8 Å². The lowest BCUT2D eigenvalue weighted by molar-refractivity contribution is -0.131. The SMILES string of the molecule is CC(C)(C)c1cc(-c2cccs2)c(C#N)c(SCC(=O)Oc2ccccc2)n1. The molecule has 28 heavy (non-hydrogen) atoms. The molecule has 1 aromatic carbocycles. The first kappa shape index (κ1) is 20.1. The normalized spacial score (nSPS) is 11.1. The molecule has 0 aliphatic carbocycles. The summed E-state index contributed by atoms with van der Waals surface area (Å²) < 4.78 is 5.34. The van der Waals surface area contributed by atoms with Crippen molar-refractivity contribution in [1.82, 2.24) is 4.98 Å². The first-order valence-electron chi connectivity index (χ1n) is 8.76. The maximum atomic E-state index is 12.2. The van der Waals surface area contributed by atoms with Gasteiger partial charge in [-0.2, -0.15) is 5.26 Å². The van der Waals surface area contributed by atoms with Gasteiger partial charge in [-0.1, -0.05) is 56.8 Å². The molecule has 0 spiro atoms. The number of hydrogen-bond donors (Lipinski definition) is 0. The van der Waals surface area contributed by atoms with Crippen molar-refractivity contribution >= 4 is 29.1 Å². The number of carbonyl (C=O) groups excluding carboxylic acids is 1. The maximum Gasteiger partial charge on any atom is 0.321 e. The Hall–Kier alpha value is -2.62. The minimum absolute atomic E-state index is 0.0774. The van der Waals surface area contributed by atoms with E-state index in [9.17, 15) is 10.1 Å². The van der Waals surface area contributed by atoms with E-state index < -0.39 is 0 Å². The first-order valence-corrected chi connectivity index (χ1v) is 10.6. The highest BCUT2D eigenvalue weighted by atomic mass is 32.2. The molecule has 3 aromatic rings. The number of thioether (sulfide) groups is 1. The van der Waals surface area contributed by atoms with Crippen LogP contribution in [0.3, 0.4) is 0 Å². The Kier molecular flexibility index (Phi) is 6.18. The third-order valence-electron chi connectivity index (χ3n) is 3.95. The van der Waals surface area contributed by atoms with Crippen LogP contribution >= 0.6 is 23.1 Å². The number of esters is 1. The van der Waals surface area contributed by atoms with Gasteiger partial charge in [0.2, 0.25) is 0 Å². The molecule has 142 valence electrons. The molecule has 0 aliphatic rings. The Balaban J connectivity index is 1.90. The smallest absolute Gasteiger partial charge is 0.321 e. The highest BCUT2D eigenvalue weighted by Crippen LogP contribution is 2.36. The molecule has 3 rings (SSSR count). The van der Waals surface area contributed by atoms with Crippen molar-refractivity contribution in [2.75, 3.05) is 5.75 Å². The van der Waals surface area contributed by atoms with Crippen LogP contribution in [-0.4, -0.2) is 16.7 Å². The van der Waals surface area contributed by atoms with Crippen LogP contribution in [0.1, 0.15) is 32.0 Å². The van der Waals surface area contributed by atoms with E-state index in [1.54, 1.807) is 23.5 Å². The molecule has 0 unspecified atom stereocenters. The van der Waals surface area contributed by atoms with Gasteiger partial charge in [0.05, 0.1) is 11.3 Å². The Morgan fingerprint density at radius 1 is 1.21 bits per heavy atom. The molecule has 4 nitrogen and oxygen atoms in total. The van der Waals surface area contributed by atoms with Gasteiger partial charge >= 0.3 is 5.97 Å². The standard InChI is InChI=1S/C22H20N2O2S2/c1-22(2,3)19-12-16(18-10-7-11-27-18)17(13-23)21(24-19)28-14-20(25)26-15-8-5-4-6-9-15/h4-12H,14H2,1-3H3. The fourth-order valence-corrected chi connectivity index (χ4v) is 4.05. The van der Waals surface area contributed by atoms with Gasteiger partial charge in [-0.25, -0.2) is 4.98 Å². The van der Waals surface area contributed by atoms with E-state index in [4.69, 9.17) is 9.72 Å². The largest absolute Gasteiger partial charge is 0.426 e. The second-order valence-electron chi connectivity index (χ2n) is 7.15. The second-order valence-corrected chi connectivity index (χ2v) is 9.06. The first-order chi connectivity index (χ1) is 13.4. The minimum atomic E-state index is -0.374. The third-order valence-corrected chi connectivity index (χ3v) is 5.81. The van der Waals surface area contributed by atoms with Crippen molar-refractivity contribution in [2.45, 2.75) is 31.2 Å². The lowest BCUT2D eigenvalue weighted by Gasteiger charge is -2.20. The quantitative estimate of drug-likeness (QED) is 0.309. The molecule has 0 aliphatic heterocycles. The van der Waals surface area contributed by atoms with Crippen LogP contribution in [0.4, 0.5) is 0 Å². The van der Waals surface area contributed by atoms with Gasteiger partial charge in [0.25, 0.3) is 0 Å². The summed E-state index contributed by atoms with van der Waals surface area (Å²) in [6, 6.07) is 17.2. The summed E-state index contributed by atoms with van der Waals surface area (Å²) in [5.74, 6) is 0.207.